The van der Waals surface area contributed by atoms with E-state index in [1.807, 2.05) is 6.92 Å². The van der Waals surface area contributed by atoms with Crippen LogP contribution < -0.4 is 0 Å². The van der Waals surface area contributed by atoms with Gasteiger partial charge in [0.05, 0.1) is 14.6 Å². The minimum absolute atomic E-state index is 0.299. The van der Waals surface area contributed by atoms with Crippen molar-refractivity contribution >= 4 is 50.4 Å². The van der Waals surface area contributed by atoms with E-state index in [1.165, 1.54) is 15.9 Å². The smallest absolute Gasteiger partial charge is 0.217 e. The zero-order valence-corrected chi connectivity index (χ0v) is 9.86. The molecule has 3 aromatic rings. The fraction of sp³-hybridized carbons (Fsp3) is 0.125. The molecule has 0 radical (unpaired) electrons. The number of nitrogens with zero attached hydrogens (tertiary/aromatic N) is 4. The molecule has 0 aliphatic rings. The van der Waals surface area contributed by atoms with Crippen molar-refractivity contribution in [2.45, 2.75) is 6.92 Å². The molecule has 0 spiro atoms. The largest absolute Gasteiger partial charge is 0.226 e. The summed E-state index contributed by atoms with van der Waals surface area (Å²) in [5.74, 6) is 0.663. The molecule has 0 aliphatic carbocycles. The normalized spacial score (nSPS) is 11.7. The number of aromatic nitrogens is 4. The van der Waals surface area contributed by atoms with E-state index in [4.69, 9.17) is 23.2 Å². The molecule has 4 nitrogen and oxygen atoms in total. The van der Waals surface area contributed by atoms with Crippen LogP contribution in [0.3, 0.4) is 0 Å². The minimum atomic E-state index is 0.299. The summed E-state index contributed by atoms with van der Waals surface area (Å²) in [5.41, 5.74) is 1.47. The van der Waals surface area contributed by atoms with Crippen LogP contribution in [0.1, 0.15) is 5.82 Å². The topological polar surface area (TPSA) is 43.1 Å². The summed E-state index contributed by atoms with van der Waals surface area (Å²) < 4.78 is 3.10. The Labute approximate surface area is 98.5 Å². The van der Waals surface area contributed by atoms with E-state index in [-0.39, 0.29) is 0 Å². The third-order valence-corrected chi connectivity index (χ3v) is 3.48. The van der Waals surface area contributed by atoms with Crippen LogP contribution in [-0.4, -0.2) is 19.6 Å². The fourth-order valence-electron chi connectivity index (χ4n) is 1.43. The quantitative estimate of drug-likeness (QED) is 0.583. The van der Waals surface area contributed by atoms with Crippen molar-refractivity contribution in [3.63, 3.8) is 0 Å². The second kappa shape index (κ2) is 3.04. The van der Waals surface area contributed by atoms with Gasteiger partial charge in [-0.15, -0.1) is 16.4 Å². The molecular formula is C8H4Cl2N4S. The van der Waals surface area contributed by atoms with Crippen molar-refractivity contribution in [1.82, 2.24) is 19.6 Å². The van der Waals surface area contributed by atoms with Crippen LogP contribution in [0.5, 0.6) is 0 Å². The summed E-state index contributed by atoms with van der Waals surface area (Å²) in [6.07, 6.45) is 0. The highest BCUT2D eigenvalue weighted by Crippen LogP contribution is 2.31. The SMILES string of the molecule is Cc1nc2c3sc(Cl)cc3nc(Cl)n2n1. The predicted octanol–water partition coefficient (Wildman–Crippen LogP) is 2.95. The Morgan fingerprint density at radius 3 is 2.93 bits per heavy atom. The number of fused-ring (bicyclic) bond motifs is 3. The lowest BCUT2D eigenvalue weighted by Gasteiger charge is -1.94. The van der Waals surface area contributed by atoms with Gasteiger partial charge in [-0.25, -0.2) is 9.97 Å². The van der Waals surface area contributed by atoms with Crippen LogP contribution in [0.2, 0.25) is 9.62 Å². The molecule has 0 unspecified atom stereocenters. The number of halogens is 2. The maximum Gasteiger partial charge on any atom is 0.226 e. The highest BCUT2D eigenvalue weighted by Gasteiger charge is 2.12. The number of hydrogen-bond donors (Lipinski definition) is 0. The Morgan fingerprint density at radius 2 is 2.13 bits per heavy atom. The second-order valence-corrected chi connectivity index (χ2v) is 5.06. The molecule has 0 saturated carbocycles. The maximum absolute atomic E-state index is 5.97. The zero-order chi connectivity index (χ0) is 10.6. The van der Waals surface area contributed by atoms with E-state index in [0.29, 0.717) is 21.1 Å². The number of rotatable bonds is 0. The Bertz CT molecular complexity index is 672. The van der Waals surface area contributed by atoms with Crippen LogP contribution in [0.15, 0.2) is 6.07 Å². The van der Waals surface area contributed by atoms with Crippen molar-refractivity contribution < 1.29 is 0 Å². The van der Waals surface area contributed by atoms with Gasteiger partial charge in [-0.2, -0.15) is 4.52 Å². The van der Waals surface area contributed by atoms with Crippen LogP contribution in [0.4, 0.5) is 0 Å². The number of thiophene rings is 1. The Balaban J connectivity index is 2.61. The number of aryl methyl sites for hydroxylation is 1. The lowest BCUT2D eigenvalue weighted by molar-refractivity contribution is 0.910. The Kier molecular flexibility index (Phi) is 1.89. The van der Waals surface area contributed by atoms with Gasteiger partial charge in [0.25, 0.3) is 0 Å². The minimum Gasteiger partial charge on any atom is -0.217 e. The standard InChI is InChI=1S/C8H4Cl2N4S/c1-3-11-7-6-4(2-5(9)15-6)12-8(10)14(7)13-3/h2H,1H3. The molecule has 7 heteroatoms. The molecule has 0 atom stereocenters. The van der Waals surface area contributed by atoms with E-state index in [2.05, 4.69) is 15.1 Å². The molecule has 0 N–H and O–H groups in total. The molecule has 0 saturated heterocycles. The molecule has 0 fully saturated rings. The van der Waals surface area contributed by atoms with E-state index in [9.17, 15) is 0 Å². The third-order valence-electron chi connectivity index (χ3n) is 1.99. The average molecular weight is 259 g/mol. The molecule has 0 aliphatic heterocycles. The van der Waals surface area contributed by atoms with Crippen LogP contribution in [-0.2, 0) is 0 Å². The molecule has 0 amide bonds. The molecule has 3 heterocycles. The second-order valence-electron chi connectivity index (χ2n) is 3.04. The Morgan fingerprint density at radius 1 is 1.33 bits per heavy atom. The molecule has 0 aromatic carbocycles. The average Bonchev–Trinajstić information content (AvgIpc) is 2.68. The van der Waals surface area contributed by atoms with Gasteiger partial charge in [0.2, 0.25) is 5.28 Å². The van der Waals surface area contributed by atoms with Crippen LogP contribution in [0.25, 0.3) is 15.9 Å². The van der Waals surface area contributed by atoms with E-state index in [0.717, 1.165) is 10.2 Å². The lowest BCUT2D eigenvalue weighted by atomic mass is 10.5. The van der Waals surface area contributed by atoms with Crippen molar-refractivity contribution in [3.8, 4) is 0 Å². The van der Waals surface area contributed by atoms with Gasteiger partial charge in [-0.05, 0) is 24.6 Å². The van der Waals surface area contributed by atoms with Gasteiger partial charge in [-0.1, -0.05) is 11.6 Å². The first kappa shape index (κ1) is 9.33. The van der Waals surface area contributed by atoms with E-state index < -0.39 is 0 Å². The van der Waals surface area contributed by atoms with Gasteiger partial charge in [0.15, 0.2) is 5.65 Å². The summed E-state index contributed by atoms with van der Waals surface area (Å²) in [5, 5.41) is 4.45. The summed E-state index contributed by atoms with van der Waals surface area (Å²) in [6.45, 7) is 1.81. The lowest BCUT2D eigenvalue weighted by Crippen LogP contribution is -1.92. The zero-order valence-electron chi connectivity index (χ0n) is 7.53. The van der Waals surface area contributed by atoms with Gasteiger partial charge in [-0.3, -0.25) is 0 Å². The van der Waals surface area contributed by atoms with Crippen LogP contribution in [0, 0.1) is 6.92 Å². The van der Waals surface area contributed by atoms with Crippen molar-refractivity contribution in [2.24, 2.45) is 0 Å². The molecule has 3 aromatic heterocycles. The Hall–Kier alpha value is -0.910. The fourth-order valence-corrected chi connectivity index (χ4v) is 2.77. The van der Waals surface area contributed by atoms with Crippen molar-refractivity contribution in [1.29, 1.82) is 0 Å². The predicted molar refractivity (Wildman–Crippen MR) is 60.9 cm³/mol. The first-order valence-corrected chi connectivity index (χ1v) is 5.70. The first-order valence-electron chi connectivity index (χ1n) is 4.13. The molecule has 0 bridgehead atoms. The van der Waals surface area contributed by atoms with E-state index in [1.54, 1.807) is 6.07 Å². The summed E-state index contributed by atoms with van der Waals surface area (Å²) in [6, 6.07) is 1.78. The van der Waals surface area contributed by atoms with Gasteiger partial charge in [0, 0.05) is 0 Å². The summed E-state index contributed by atoms with van der Waals surface area (Å²) in [4.78, 5) is 8.48. The number of hydrogen-bond acceptors (Lipinski definition) is 4. The monoisotopic (exact) mass is 258 g/mol. The van der Waals surface area contributed by atoms with Crippen LogP contribution >= 0.6 is 34.5 Å². The molecular weight excluding hydrogens is 255 g/mol. The highest BCUT2D eigenvalue weighted by atomic mass is 35.5. The molecule has 76 valence electrons. The third kappa shape index (κ3) is 1.31. The van der Waals surface area contributed by atoms with Crippen molar-refractivity contribution in [2.75, 3.05) is 0 Å². The van der Waals surface area contributed by atoms with Gasteiger partial charge in [0.1, 0.15) is 5.82 Å². The molecule has 15 heavy (non-hydrogen) atoms. The van der Waals surface area contributed by atoms with Gasteiger partial charge < -0.3 is 0 Å². The summed E-state index contributed by atoms with van der Waals surface area (Å²) >= 11 is 13.3. The van der Waals surface area contributed by atoms with E-state index >= 15 is 0 Å². The van der Waals surface area contributed by atoms with Crippen molar-refractivity contribution in [3.05, 3.63) is 21.5 Å². The van der Waals surface area contributed by atoms with Gasteiger partial charge >= 0.3 is 0 Å². The molecule has 3 rings (SSSR count). The highest BCUT2D eigenvalue weighted by molar-refractivity contribution is 7.23. The summed E-state index contributed by atoms with van der Waals surface area (Å²) in [7, 11) is 0. The maximum atomic E-state index is 5.97. The first-order chi connectivity index (χ1) is 7.15.